The average Bonchev–Trinajstić information content (AvgIpc) is 3.39. The minimum absolute atomic E-state index is 0.0275. The molecule has 1 atom stereocenters. The van der Waals surface area contributed by atoms with Crippen LogP contribution in [0.15, 0.2) is 63.6 Å². The van der Waals surface area contributed by atoms with Crippen LogP contribution in [-0.2, 0) is 4.79 Å². The normalized spacial score (nSPS) is 17.3. The van der Waals surface area contributed by atoms with E-state index < -0.39 is 23.5 Å². The molecule has 0 bridgehead atoms. The van der Waals surface area contributed by atoms with E-state index in [0.717, 1.165) is 15.2 Å². The van der Waals surface area contributed by atoms with E-state index in [4.69, 9.17) is 4.42 Å². The summed E-state index contributed by atoms with van der Waals surface area (Å²) in [5.41, 5.74) is 0.546. The molecule has 6 nitrogen and oxygen atoms in total. The first kappa shape index (κ1) is 18.5. The molecule has 1 N–H and O–H groups in total. The van der Waals surface area contributed by atoms with Gasteiger partial charge >= 0.3 is 0 Å². The van der Waals surface area contributed by atoms with Crippen molar-refractivity contribution in [1.29, 1.82) is 0 Å². The summed E-state index contributed by atoms with van der Waals surface area (Å²) in [6.45, 7) is 1.07. The number of hydrogen-bond acceptors (Lipinski definition) is 5. The van der Waals surface area contributed by atoms with Crippen molar-refractivity contribution < 1.29 is 24.0 Å². The zero-order chi connectivity index (χ0) is 19.8. The Bertz CT molecular complexity index is 1030. The van der Waals surface area contributed by atoms with Crippen LogP contribution < -0.4 is 10.0 Å². The van der Waals surface area contributed by atoms with Crippen molar-refractivity contribution in [3.05, 3.63) is 69.8 Å². The lowest BCUT2D eigenvalue weighted by molar-refractivity contribution is -0.857. The van der Waals surface area contributed by atoms with E-state index in [1.165, 1.54) is 16.2 Å². The first-order chi connectivity index (χ1) is 13.5. The molecular formula is C21H20N2O4S. The van der Waals surface area contributed by atoms with Gasteiger partial charge in [-0.2, -0.15) is 0 Å². The van der Waals surface area contributed by atoms with Crippen molar-refractivity contribution in [2.24, 2.45) is 0 Å². The van der Waals surface area contributed by atoms with Crippen molar-refractivity contribution in [2.45, 2.75) is 6.04 Å². The SMILES string of the molecule is C[NH+](C)CCN1C(=O)C([O-])=C(C(=O)c2cc3ccccc3o2)C1c1cccs1. The van der Waals surface area contributed by atoms with Gasteiger partial charge in [0.2, 0.25) is 11.7 Å². The van der Waals surface area contributed by atoms with Crippen molar-refractivity contribution in [1.82, 2.24) is 4.90 Å². The number of hydrogen-bond donors (Lipinski definition) is 1. The van der Waals surface area contributed by atoms with E-state index in [1.54, 1.807) is 12.1 Å². The Labute approximate surface area is 166 Å². The molecule has 1 aliphatic heterocycles. The predicted octanol–water partition coefficient (Wildman–Crippen LogP) is 1.02. The number of rotatable bonds is 6. The third-order valence-corrected chi connectivity index (χ3v) is 5.77. The largest absolute Gasteiger partial charge is 0.868 e. The van der Waals surface area contributed by atoms with Gasteiger partial charge in [-0.1, -0.05) is 24.3 Å². The van der Waals surface area contributed by atoms with E-state index in [0.29, 0.717) is 18.7 Å². The van der Waals surface area contributed by atoms with Crippen LogP contribution in [0.25, 0.3) is 11.0 Å². The summed E-state index contributed by atoms with van der Waals surface area (Å²) in [6.07, 6.45) is 0. The number of para-hydroxylation sites is 1. The molecule has 0 saturated heterocycles. The van der Waals surface area contributed by atoms with Crippen molar-refractivity contribution in [2.75, 3.05) is 27.2 Å². The first-order valence-electron chi connectivity index (χ1n) is 9.05. The Balaban J connectivity index is 1.76. The van der Waals surface area contributed by atoms with Crippen LogP contribution in [0.3, 0.4) is 0 Å². The summed E-state index contributed by atoms with van der Waals surface area (Å²) in [6, 6.07) is 11.9. The van der Waals surface area contributed by atoms with Gasteiger partial charge in [0.25, 0.3) is 0 Å². The lowest BCUT2D eigenvalue weighted by Crippen LogP contribution is -3.06. The highest BCUT2D eigenvalue weighted by Gasteiger charge is 2.41. The second-order valence-electron chi connectivity index (χ2n) is 7.09. The highest BCUT2D eigenvalue weighted by atomic mass is 32.1. The highest BCUT2D eigenvalue weighted by Crippen LogP contribution is 2.40. The number of thiophene rings is 1. The van der Waals surface area contributed by atoms with E-state index in [1.807, 2.05) is 49.8 Å². The lowest BCUT2D eigenvalue weighted by atomic mass is 10.00. The van der Waals surface area contributed by atoms with Crippen molar-refractivity contribution in [3.8, 4) is 0 Å². The summed E-state index contributed by atoms with van der Waals surface area (Å²) in [5.74, 6) is -1.80. The summed E-state index contributed by atoms with van der Waals surface area (Å²) < 4.78 is 5.67. The number of carbonyl (C=O) groups is 2. The molecule has 0 fully saturated rings. The number of nitrogens with zero attached hydrogens (tertiary/aromatic N) is 1. The molecule has 4 rings (SSSR count). The second kappa shape index (κ2) is 7.26. The number of likely N-dealkylation sites (N-methyl/N-ethyl adjacent to an activating group) is 1. The molecule has 7 heteroatoms. The Hall–Kier alpha value is -2.90. The lowest BCUT2D eigenvalue weighted by Gasteiger charge is -2.26. The molecule has 0 aliphatic carbocycles. The fraction of sp³-hybridized carbons (Fsp3) is 0.238. The van der Waals surface area contributed by atoms with E-state index in [-0.39, 0.29) is 11.3 Å². The maximum Gasteiger partial charge on any atom is 0.240 e. The number of carbonyl (C=O) groups excluding carboxylic acids is 2. The predicted molar refractivity (Wildman–Crippen MR) is 104 cm³/mol. The van der Waals surface area contributed by atoms with Gasteiger partial charge < -0.3 is 19.3 Å². The molecular weight excluding hydrogens is 376 g/mol. The number of quaternary nitrogens is 1. The zero-order valence-corrected chi connectivity index (χ0v) is 16.4. The third kappa shape index (κ3) is 3.12. The van der Waals surface area contributed by atoms with Gasteiger partial charge in [0.15, 0.2) is 5.76 Å². The standard InChI is InChI=1S/C21H20N2O4S/c1-22(2)9-10-23-18(16-8-5-11-28-16)17(20(25)21(23)26)19(24)15-12-13-6-3-4-7-14(13)27-15/h3-8,11-12,18,25H,9-10H2,1-2H3. The molecule has 1 amide bonds. The summed E-state index contributed by atoms with van der Waals surface area (Å²) >= 11 is 1.43. The van der Waals surface area contributed by atoms with Crippen LogP contribution in [0, 0.1) is 0 Å². The average molecular weight is 396 g/mol. The Morgan fingerprint density at radius 3 is 2.71 bits per heavy atom. The molecule has 28 heavy (non-hydrogen) atoms. The smallest absolute Gasteiger partial charge is 0.240 e. The van der Waals surface area contributed by atoms with Crippen LogP contribution in [0.1, 0.15) is 21.5 Å². The maximum absolute atomic E-state index is 13.2. The van der Waals surface area contributed by atoms with Crippen LogP contribution in [-0.4, -0.2) is 43.8 Å². The topological polar surface area (TPSA) is 78.0 Å². The van der Waals surface area contributed by atoms with Gasteiger partial charge in [0, 0.05) is 15.8 Å². The molecule has 0 spiro atoms. The molecule has 3 heterocycles. The van der Waals surface area contributed by atoms with Crippen LogP contribution in [0.4, 0.5) is 0 Å². The van der Waals surface area contributed by atoms with Gasteiger partial charge in [0.05, 0.1) is 33.2 Å². The summed E-state index contributed by atoms with van der Waals surface area (Å²) in [7, 11) is 3.96. The summed E-state index contributed by atoms with van der Waals surface area (Å²) in [5, 5.41) is 15.5. The van der Waals surface area contributed by atoms with Crippen molar-refractivity contribution in [3.63, 3.8) is 0 Å². The second-order valence-corrected chi connectivity index (χ2v) is 8.07. The highest BCUT2D eigenvalue weighted by molar-refractivity contribution is 7.10. The van der Waals surface area contributed by atoms with Crippen molar-refractivity contribution >= 4 is 34.0 Å². The monoisotopic (exact) mass is 396 g/mol. The summed E-state index contributed by atoms with van der Waals surface area (Å²) in [4.78, 5) is 29.4. The number of benzene rings is 1. The Morgan fingerprint density at radius 2 is 2.04 bits per heavy atom. The molecule has 144 valence electrons. The Kier molecular flexibility index (Phi) is 4.78. The van der Waals surface area contributed by atoms with E-state index in [9.17, 15) is 14.7 Å². The van der Waals surface area contributed by atoms with E-state index in [2.05, 4.69) is 0 Å². The van der Waals surface area contributed by atoms with Crippen LogP contribution >= 0.6 is 11.3 Å². The molecule has 0 radical (unpaired) electrons. The quantitative estimate of drug-likeness (QED) is 0.631. The molecule has 0 saturated carbocycles. The van der Waals surface area contributed by atoms with Gasteiger partial charge in [-0.15, -0.1) is 11.3 Å². The zero-order valence-electron chi connectivity index (χ0n) is 15.6. The van der Waals surface area contributed by atoms with Crippen LogP contribution in [0.2, 0.25) is 0 Å². The van der Waals surface area contributed by atoms with Gasteiger partial charge in [-0.05, 0) is 29.3 Å². The Morgan fingerprint density at radius 1 is 1.25 bits per heavy atom. The van der Waals surface area contributed by atoms with Crippen LogP contribution in [0.5, 0.6) is 0 Å². The number of Topliss-reactive ketones (excluding diaryl/α,β-unsaturated/α-hetero) is 1. The van der Waals surface area contributed by atoms with E-state index >= 15 is 0 Å². The first-order valence-corrected chi connectivity index (χ1v) is 9.93. The van der Waals surface area contributed by atoms with Gasteiger partial charge in [-0.3, -0.25) is 9.59 Å². The van der Waals surface area contributed by atoms with Gasteiger partial charge in [0.1, 0.15) is 5.58 Å². The number of fused-ring (bicyclic) bond motifs is 1. The molecule has 3 aromatic rings. The molecule has 1 aromatic carbocycles. The fourth-order valence-electron chi connectivity index (χ4n) is 3.41. The minimum atomic E-state index is -0.738. The number of ketones is 1. The maximum atomic E-state index is 13.2. The number of amides is 1. The number of furan rings is 1. The number of nitrogens with one attached hydrogen (secondary N) is 1. The molecule has 1 aliphatic rings. The fourth-order valence-corrected chi connectivity index (χ4v) is 4.26. The third-order valence-electron chi connectivity index (χ3n) is 4.84. The molecule has 1 unspecified atom stereocenters. The van der Waals surface area contributed by atoms with Gasteiger partial charge in [-0.25, -0.2) is 0 Å². The minimum Gasteiger partial charge on any atom is -0.868 e. The molecule has 2 aromatic heterocycles.